The summed E-state index contributed by atoms with van der Waals surface area (Å²) in [5.74, 6) is -0.989. The van der Waals surface area contributed by atoms with Crippen molar-refractivity contribution in [3.05, 3.63) is 83.9 Å². The Hall–Kier alpha value is -4.72. The van der Waals surface area contributed by atoms with Crippen LogP contribution in [0.2, 0.25) is 0 Å². The maximum Gasteiger partial charge on any atom is 0.404 e. The molecule has 5 N–H and O–H groups in total. The standard InChI is InChI=1S/C35H47N5O8/c1-4-46-33(47-5-2)25(3)40(23-28-18-13-17-27-16-9-10-19-29(27)28)32(42)30(20-11-12-21-36-35(44)45)38-31(41)24-48-39-34(43)37-22-26-14-7-6-8-15-26/h6-10,13-19,25,30,33,36H,4-5,11-12,20-24H2,1-3H3,(H,38,41)(H,44,45)(H2,37,39,43)/t25-,30-/m0/s1. The van der Waals surface area contributed by atoms with Crippen molar-refractivity contribution >= 4 is 34.7 Å². The van der Waals surface area contributed by atoms with Crippen LogP contribution in [0.5, 0.6) is 0 Å². The maximum atomic E-state index is 14.4. The second kappa shape index (κ2) is 20.5. The van der Waals surface area contributed by atoms with Gasteiger partial charge in [0.05, 0.1) is 6.04 Å². The van der Waals surface area contributed by atoms with E-state index < -0.39 is 43.0 Å². The molecule has 13 nitrogen and oxygen atoms in total. The number of rotatable bonds is 20. The van der Waals surface area contributed by atoms with Crippen molar-refractivity contribution in [3.63, 3.8) is 0 Å². The lowest BCUT2D eigenvalue weighted by Gasteiger charge is -2.37. The summed E-state index contributed by atoms with van der Waals surface area (Å²) < 4.78 is 11.8. The van der Waals surface area contributed by atoms with Crippen molar-refractivity contribution in [2.24, 2.45) is 0 Å². The van der Waals surface area contributed by atoms with Crippen LogP contribution < -0.4 is 21.4 Å². The number of urea groups is 1. The van der Waals surface area contributed by atoms with E-state index in [4.69, 9.17) is 19.4 Å². The van der Waals surface area contributed by atoms with Crippen molar-refractivity contribution in [2.45, 2.75) is 71.5 Å². The number of unbranched alkanes of at least 4 members (excludes halogenated alkanes) is 1. The van der Waals surface area contributed by atoms with Crippen molar-refractivity contribution in [3.8, 4) is 0 Å². The fraction of sp³-hybridized carbons (Fsp3) is 0.429. The van der Waals surface area contributed by atoms with Gasteiger partial charge < -0.3 is 35.4 Å². The maximum absolute atomic E-state index is 14.4. The second-order valence-electron chi connectivity index (χ2n) is 11.0. The molecule has 5 amide bonds. The number of hydrogen-bond acceptors (Lipinski definition) is 7. The van der Waals surface area contributed by atoms with Gasteiger partial charge in [-0.15, -0.1) is 0 Å². The molecule has 3 rings (SSSR count). The summed E-state index contributed by atoms with van der Waals surface area (Å²) in [6.07, 6.45) is -0.748. The molecule has 0 saturated carbocycles. The van der Waals surface area contributed by atoms with E-state index in [0.29, 0.717) is 26.1 Å². The monoisotopic (exact) mass is 665 g/mol. The number of carboxylic acid groups (broad SMARTS) is 1. The first kappa shape index (κ1) is 37.7. The van der Waals surface area contributed by atoms with Gasteiger partial charge >= 0.3 is 12.1 Å². The number of ether oxygens (including phenoxy) is 2. The van der Waals surface area contributed by atoms with Crippen molar-refractivity contribution < 1.29 is 38.6 Å². The van der Waals surface area contributed by atoms with Crippen molar-refractivity contribution in [1.29, 1.82) is 0 Å². The lowest BCUT2D eigenvalue weighted by Crippen LogP contribution is -2.55. The van der Waals surface area contributed by atoms with Crippen LogP contribution in [0.3, 0.4) is 0 Å². The van der Waals surface area contributed by atoms with E-state index in [1.807, 2.05) is 93.6 Å². The zero-order valence-electron chi connectivity index (χ0n) is 27.8. The molecule has 0 aliphatic rings. The van der Waals surface area contributed by atoms with Gasteiger partial charge in [0, 0.05) is 32.8 Å². The Morgan fingerprint density at radius 3 is 2.25 bits per heavy atom. The van der Waals surface area contributed by atoms with Crippen LogP contribution in [-0.4, -0.2) is 78.7 Å². The highest BCUT2D eigenvalue weighted by atomic mass is 16.7. The molecule has 3 aromatic rings. The van der Waals surface area contributed by atoms with Crippen molar-refractivity contribution in [2.75, 3.05) is 26.4 Å². The van der Waals surface area contributed by atoms with Crippen LogP contribution in [0.25, 0.3) is 10.8 Å². The van der Waals surface area contributed by atoms with Gasteiger partial charge in [-0.2, -0.15) is 0 Å². The molecule has 260 valence electrons. The van der Waals surface area contributed by atoms with Crippen LogP contribution in [0.4, 0.5) is 9.59 Å². The molecule has 0 saturated heterocycles. The van der Waals surface area contributed by atoms with Crippen LogP contribution in [0.15, 0.2) is 72.8 Å². The number of amides is 5. The molecule has 2 atom stereocenters. The van der Waals surface area contributed by atoms with E-state index in [2.05, 4.69) is 21.4 Å². The van der Waals surface area contributed by atoms with Crippen LogP contribution in [-0.2, 0) is 37.0 Å². The minimum atomic E-state index is -1.14. The zero-order chi connectivity index (χ0) is 34.7. The number of hydrogen-bond donors (Lipinski definition) is 5. The molecule has 13 heteroatoms. The number of benzene rings is 3. The normalized spacial score (nSPS) is 12.2. The van der Waals surface area contributed by atoms with Gasteiger partial charge in [-0.1, -0.05) is 72.8 Å². The number of nitrogens with zero attached hydrogens (tertiary/aromatic N) is 1. The lowest BCUT2D eigenvalue weighted by molar-refractivity contribution is -0.180. The Balaban J connectivity index is 1.77. The summed E-state index contributed by atoms with van der Waals surface area (Å²) in [6, 6.07) is 20.9. The minimum absolute atomic E-state index is 0.197. The smallest absolute Gasteiger partial charge is 0.404 e. The molecule has 0 radical (unpaired) electrons. The number of fused-ring (bicyclic) bond motifs is 1. The van der Waals surface area contributed by atoms with Crippen LogP contribution in [0.1, 0.15) is 51.2 Å². The Kier molecular flexibility index (Phi) is 16.1. The summed E-state index contributed by atoms with van der Waals surface area (Å²) >= 11 is 0. The van der Waals surface area contributed by atoms with Gasteiger partial charge in [0.1, 0.15) is 6.04 Å². The summed E-state index contributed by atoms with van der Waals surface area (Å²) in [5, 5.41) is 18.7. The highest BCUT2D eigenvalue weighted by molar-refractivity contribution is 5.89. The largest absolute Gasteiger partial charge is 0.465 e. The third kappa shape index (κ3) is 12.5. The molecule has 0 heterocycles. The molecule has 0 aromatic heterocycles. The van der Waals surface area contributed by atoms with Gasteiger partial charge in [0.15, 0.2) is 12.9 Å². The molecular formula is C35H47N5O8. The summed E-state index contributed by atoms with van der Waals surface area (Å²) in [4.78, 5) is 57.3. The van der Waals surface area contributed by atoms with Gasteiger partial charge in [-0.3, -0.25) is 14.4 Å². The van der Waals surface area contributed by atoms with Crippen LogP contribution in [0, 0.1) is 0 Å². The molecule has 0 aliphatic carbocycles. The third-order valence-corrected chi connectivity index (χ3v) is 7.54. The second-order valence-corrected chi connectivity index (χ2v) is 11.0. The predicted molar refractivity (Wildman–Crippen MR) is 181 cm³/mol. The lowest BCUT2D eigenvalue weighted by atomic mass is 10.0. The molecule has 0 fully saturated rings. The first-order chi connectivity index (χ1) is 23.2. The first-order valence-corrected chi connectivity index (χ1v) is 16.2. The van der Waals surface area contributed by atoms with E-state index in [9.17, 15) is 19.2 Å². The summed E-state index contributed by atoms with van der Waals surface area (Å²) in [6.45, 7) is 6.41. The van der Waals surface area contributed by atoms with Gasteiger partial charge in [0.25, 0.3) is 0 Å². The average Bonchev–Trinajstić information content (AvgIpc) is 3.08. The highest BCUT2D eigenvalue weighted by Gasteiger charge is 2.33. The Morgan fingerprint density at radius 1 is 0.854 bits per heavy atom. The fourth-order valence-corrected chi connectivity index (χ4v) is 5.18. The summed E-state index contributed by atoms with van der Waals surface area (Å²) in [7, 11) is 0. The SMILES string of the molecule is CCOC(OCC)[C@H](C)N(Cc1cccc2ccccc12)C(=O)[C@H](CCCCNC(=O)O)NC(=O)CONC(=O)NCc1ccccc1. The summed E-state index contributed by atoms with van der Waals surface area (Å²) in [5.41, 5.74) is 3.99. The molecule has 0 bridgehead atoms. The van der Waals surface area contributed by atoms with E-state index in [1.165, 1.54) is 0 Å². The topological polar surface area (TPSA) is 168 Å². The number of carbonyl (C=O) groups is 4. The highest BCUT2D eigenvalue weighted by Crippen LogP contribution is 2.23. The average molecular weight is 666 g/mol. The Bertz CT molecular complexity index is 1450. The first-order valence-electron chi connectivity index (χ1n) is 16.2. The van der Waals surface area contributed by atoms with E-state index in [-0.39, 0.29) is 32.0 Å². The Labute approximate surface area is 281 Å². The number of carbonyl (C=O) groups excluding carboxylic acids is 3. The third-order valence-electron chi connectivity index (χ3n) is 7.54. The van der Waals surface area contributed by atoms with Crippen molar-refractivity contribution in [1.82, 2.24) is 26.3 Å². The quantitative estimate of drug-likeness (QED) is 0.0676. The zero-order valence-corrected chi connectivity index (χ0v) is 27.8. The molecule has 0 spiro atoms. The Morgan fingerprint density at radius 2 is 1.54 bits per heavy atom. The molecular weight excluding hydrogens is 618 g/mol. The molecule has 3 aromatic carbocycles. The number of nitrogens with one attached hydrogen (secondary N) is 4. The molecule has 0 unspecified atom stereocenters. The predicted octanol–water partition coefficient (Wildman–Crippen LogP) is 4.31. The fourth-order valence-electron chi connectivity index (χ4n) is 5.18. The molecule has 0 aliphatic heterocycles. The van der Waals surface area contributed by atoms with Gasteiger partial charge in [-0.05, 0) is 61.9 Å². The van der Waals surface area contributed by atoms with E-state index >= 15 is 0 Å². The minimum Gasteiger partial charge on any atom is -0.465 e. The van der Waals surface area contributed by atoms with Crippen LogP contribution >= 0.6 is 0 Å². The van der Waals surface area contributed by atoms with Gasteiger partial charge in [-0.25, -0.2) is 15.1 Å². The van der Waals surface area contributed by atoms with E-state index in [1.54, 1.807) is 4.90 Å². The van der Waals surface area contributed by atoms with Gasteiger partial charge in [0.2, 0.25) is 11.8 Å². The molecule has 48 heavy (non-hydrogen) atoms. The van der Waals surface area contributed by atoms with E-state index in [0.717, 1.165) is 21.9 Å². The number of hydroxylamine groups is 1.